The fraction of sp³-hybridized carbons (Fsp3) is 0.0769. The molecular weight excluding hydrogens is 273 g/mol. The molecule has 0 spiro atoms. The molecule has 2 aromatic carbocycles. The number of hydrogen-bond acceptors (Lipinski definition) is 2. The lowest BCUT2D eigenvalue weighted by Crippen LogP contribution is -1.94. The van der Waals surface area contributed by atoms with E-state index in [9.17, 15) is 0 Å². The molecule has 2 rings (SSSR count). The van der Waals surface area contributed by atoms with Crippen molar-refractivity contribution >= 4 is 35.0 Å². The lowest BCUT2D eigenvalue weighted by atomic mass is 10.2. The zero-order valence-electron chi connectivity index (χ0n) is 8.99. The van der Waals surface area contributed by atoms with Crippen molar-refractivity contribution in [2.24, 2.45) is 5.73 Å². The molecule has 0 heterocycles. The summed E-state index contributed by atoms with van der Waals surface area (Å²) in [5.41, 5.74) is 6.68. The minimum absolute atomic E-state index is 0.567. The van der Waals surface area contributed by atoms with Crippen LogP contribution in [0.15, 0.2) is 52.3 Å². The van der Waals surface area contributed by atoms with Gasteiger partial charge in [0.25, 0.3) is 0 Å². The Bertz CT molecular complexity index is 511. The van der Waals surface area contributed by atoms with E-state index in [1.54, 1.807) is 17.8 Å². The number of hydrogen-bond donors (Lipinski definition) is 1. The minimum Gasteiger partial charge on any atom is -0.326 e. The maximum Gasteiger partial charge on any atom is 0.0603 e. The largest absolute Gasteiger partial charge is 0.326 e. The standard InChI is InChI=1S/C13H11Cl2NS/c14-12-6-5-11(7-13(12)15)17-10-3-1-9(8-16)2-4-10/h1-7H,8,16H2. The van der Waals surface area contributed by atoms with E-state index in [4.69, 9.17) is 28.9 Å². The molecule has 0 aliphatic carbocycles. The molecule has 0 radical (unpaired) electrons. The van der Waals surface area contributed by atoms with Crippen molar-refractivity contribution in [3.63, 3.8) is 0 Å². The van der Waals surface area contributed by atoms with Crippen LogP contribution in [-0.2, 0) is 6.54 Å². The Balaban J connectivity index is 2.16. The van der Waals surface area contributed by atoms with Gasteiger partial charge in [-0.15, -0.1) is 0 Å². The molecular formula is C13H11Cl2NS. The summed E-state index contributed by atoms with van der Waals surface area (Å²) in [6, 6.07) is 13.8. The van der Waals surface area contributed by atoms with E-state index in [1.807, 2.05) is 24.3 Å². The van der Waals surface area contributed by atoms with Gasteiger partial charge in [-0.1, -0.05) is 47.1 Å². The van der Waals surface area contributed by atoms with Gasteiger partial charge in [0.2, 0.25) is 0 Å². The highest BCUT2D eigenvalue weighted by Gasteiger charge is 2.01. The zero-order valence-corrected chi connectivity index (χ0v) is 11.3. The van der Waals surface area contributed by atoms with E-state index >= 15 is 0 Å². The minimum atomic E-state index is 0.567. The molecule has 2 N–H and O–H groups in total. The Morgan fingerprint density at radius 2 is 1.53 bits per heavy atom. The van der Waals surface area contributed by atoms with Crippen LogP contribution in [0.2, 0.25) is 10.0 Å². The second-order valence-electron chi connectivity index (χ2n) is 3.53. The number of rotatable bonds is 3. The third-order valence-electron chi connectivity index (χ3n) is 2.29. The quantitative estimate of drug-likeness (QED) is 0.891. The summed E-state index contributed by atoms with van der Waals surface area (Å²) in [5.74, 6) is 0. The molecule has 2 aromatic rings. The lowest BCUT2D eigenvalue weighted by Gasteiger charge is -2.04. The Morgan fingerprint density at radius 3 is 2.12 bits per heavy atom. The van der Waals surface area contributed by atoms with Gasteiger partial charge in [0.15, 0.2) is 0 Å². The van der Waals surface area contributed by atoms with E-state index in [0.29, 0.717) is 16.6 Å². The van der Waals surface area contributed by atoms with Gasteiger partial charge in [-0.25, -0.2) is 0 Å². The fourth-order valence-electron chi connectivity index (χ4n) is 1.37. The number of halogens is 2. The van der Waals surface area contributed by atoms with Crippen molar-refractivity contribution in [3.05, 3.63) is 58.1 Å². The third kappa shape index (κ3) is 3.39. The predicted molar refractivity (Wildman–Crippen MR) is 74.9 cm³/mol. The van der Waals surface area contributed by atoms with E-state index in [2.05, 4.69) is 12.1 Å². The van der Waals surface area contributed by atoms with Crippen LogP contribution in [0.25, 0.3) is 0 Å². The monoisotopic (exact) mass is 283 g/mol. The summed E-state index contributed by atoms with van der Waals surface area (Å²) < 4.78 is 0. The first-order valence-electron chi connectivity index (χ1n) is 5.11. The molecule has 0 amide bonds. The van der Waals surface area contributed by atoms with Crippen molar-refractivity contribution in [1.82, 2.24) is 0 Å². The summed E-state index contributed by atoms with van der Waals surface area (Å²) in [6.07, 6.45) is 0. The van der Waals surface area contributed by atoms with Crippen molar-refractivity contribution < 1.29 is 0 Å². The normalized spacial score (nSPS) is 10.5. The first kappa shape index (κ1) is 12.8. The summed E-state index contributed by atoms with van der Waals surface area (Å²) in [4.78, 5) is 2.22. The highest BCUT2D eigenvalue weighted by molar-refractivity contribution is 7.99. The van der Waals surface area contributed by atoms with Crippen LogP contribution in [0.4, 0.5) is 0 Å². The SMILES string of the molecule is NCc1ccc(Sc2ccc(Cl)c(Cl)c2)cc1. The first-order valence-corrected chi connectivity index (χ1v) is 6.68. The molecule has 0 aromatic heterocycles. The van der Waals surface area contributed by atoms with Crippen LogP contribution in [-0.4, -0.2) is 0 Å². The zero-order chi connectivity index (χ0) is 12.3. The average molecular weight is 284 g/mol. The summed E-state index contributed by atoms with van der Waals surface area (Å²) in [5, 5.41) is 1.16. The predicted octanol–water partition coefficient (Wildman–Crippen LogP) is 4.60. The van der Waals surface area contributed by atoms with E-state index in [0.717, 1.165) is 15.4 Å². The molecule has 0 unspecified atom stereocenters. The maximum atomic E-state index is 5.97. The van der Waals surface area contributed by atoms with Gasteiger partial charge in [-0.2, -0.15) is 0 Å². The Kier molecular flexibility index (Phi) is 4.35. The maximum absolute atomic E-state index is 5.97. The van der Waals surface area contributed by atoms with Crippen LogP contribution in [0.5, 0.6) is 0 Å². The van der Waals surface area contributed by atoms with Gasteiger partial charge in [0.05, 0.1) is 10.0 Å². The number of benzene rings is 2. The molecule has 0 saturated heterocycles. The Morgan fingerprint density at radius 1 is 0.882 bits per heavy atom. The van der Waals surface area contributed by atoms with Gasteiger partial charge in [0, 0.05) is 16.3 Å². The summed E-state index contributed by atoms with van der Waals surface area (Å²) >= 11 is 13.5. The molecule has 88 valence electrons. The van der Waals surface area contributed by atoms with Gasteiger partial charge >= 0.3 is 0 Å². The van der Waals surface area contributed by atoms with Gasteiger partial charge in [0.1, 0.15) is 0 Å². The topological polar surface area (TPSA) is 26.0 Å². The van der Waals surface area contributed by atoms with Crippen LogP contribution >= 0.6 is 35.0 Å². The van der Waals surface area contributed by atoms with Crippen molar-refractivity contribution in [2.45, 2.75) is 16.3 Å². The molecule has 0 aliphatic heterocycles. The second-order valence-corrected chi connectivity index (χ2v) is 5.49. The molecule has 17 heavy (non-hydrogen) atoms. The highest BCUT2D eigenvalue weighted by atomic mass is 35.5. The fourth-order valence-corrected chi connectivity index (χ4v) is 2.59. The van der Waals surface area contributed by atoms with E-state index < -0.39 is 0 Å². The second kappa shape index (κ2) is 5.78. The molecule has 0 bridgehead atoms. The third-order valence-corrected chi connectivity index (χ3v) is 4.02. The highest BCUT2D eigenvalue weighted by Crippen LogP contribution is 2.32. The Hall–Kier alpha value is -0.670. The van der Waals surface area contributed by atoms with Crippen molar-refractivity contribution in [3.8, 4) is 0 Å². The van der Waals surface area contributed by atoms with Crippen LogP contribution in [0.3, 0.4) is 0 Å². The van der Waals surface area contributed by atoms with Crippen LogP contribution < -0.4 is 5.73 Å². The average Bonchev–Trinajstić information content (AvgIpc) is 2.35. The first-order chi connectivity index (χ1) is 8.19. The molecule has 4 heteroatoms. The van der Waals surface area contributed by atoms with Gasteiger partial charge < -0.3 is 5.73 Å². The number of nitrogens with two attached hydrogens (primary N) is 1. The smallest absolute Gasteiger partial charge is 0.0603 e. The van der Waals surface area contributed by atoms with Crippen molar-refractivity contribution in [1.29, 1.82) is 0 Å². The molecule has 0 saturated carbocycles. The summed E-state index contributed by atoms with van der Waals surface area (Å²) in [7, 11) is 0. The molecule has 1 nitrogen and oxygen atoms in total. The van der Waals surface area contributed by atoms with Crippen LogP contribution in [0, 0.1) is 0 Å². The van der Waals surface area contributed by atoms with Crippen molar-refractivity contribution in [2.75, 3.05) is 0 Å². The molecule has 0 atom stereocenters. The Labute approximate surface area is 115 Å². The van der Waals surface area contributed by atoms with Gasteiger partial charge in [-0.05, 0) is 35.9 Å². The lowest BCUT2D eigenvalue weighted by molar-refractivity contribution is 1.07. The molecule has 0 aliphatic rings. The molecule has 0 fully saturated rings. The van der Waals surface area contributed by atoms with Crippen LogP contribution in [0.1, 0.15) is 5.56 Å². The summed E-state index contributed by atoms with van der Waals surface area (Å²) in [6.45, 7) is 0.567. The van der Waals surface area contributed by atoms with E-state index in [-0.39, 0.29) is 0 Å². The van der Waals surface area contributed by atoms with Gasteiger partial charge in [-0.3, -0.25) is 0 Å². The van der Waals surface area contributed by atoms with E-state index in [1.165, 1.54) is 0 Å².